The first-order valence-electron chi connectivity index (χ1n) is 3.10. The Kier molecular flexibility index (Phi) is 2.94. The molecule has 0 fully saturated rings. The van der Waals surface area contributed by atoms with Crippen LogP contribution in [0.2, 0.25) is 0 Å². The van der Waals surface area contributed by atoms with Gasteiger partial charge in [0.05, 0.1) is 7.11 Å². The maximum atomic E-state index is 10.9. The van der Waals surface area contributed by atoms with Crippen molar-refractivity contribution in [1.82, 2.24) is 15.2 Å². The molecule has 0 aromatic carbocycles. The normalized spacial score (nSPS) is 11.2. The molecule has 1 heterocycles. The first kappa shape index (κ1) is 10.1. The summed E-state index contributed by atoms with van der Waals surface area (Å²) in [4.78, 5) is 3.62. The highest BCUT2D eigenvalue weighted by Crippen LogP contribution is 2.06. The van der Waals surface area contributed by atoms with Gasteiger partial charge in [0, 0.05) is 0 Å². The Labute approximate surface area is 79.5 Å². The molecule has 0 saturated heterocycles. The van der Waals surface area contributed by atoms with E-state index in [-0.39, 0.29) is 12.0 Å². The van der Waals surface area contributed by atoms with Crippen LogP contribution < -0.4 is 9.46 Å². The van der Waals surface area contributed by atoms with E-state index >= 15 is 0 Å². The molecule has 0 unspecified atom stereocenters. The number of hydrogen-bond donors (Lipinski definition) is 2. The lowest BCUT2D eigenvalue weighted by Gasteiger charge is -1.98. The number of alkyl halides is 1. The van der Waals surface area contributed by atoms with Gasteiger partial charge < -0.3 is 4.74 Å². The molecule has 0 saturated carbocycles. The number of aromatic amines is 1. The summed E-state index contributed by atoms with van der Waals surface area (Å²) in [7, 11) is -2.18. The summed E-state index contributed by atoms with van der Waals surface area (Å²) >= 11 is 5.14. The van der Waals surface area contributed by atoms with Gasteiger partial charge >= 0.3 is 6.01 Å². The van der Waals surface area contributed by atoms with Gasteiger partial charge in [-0.25, -0.2) is 13.5 Å². The van der Waals surface area contributed by atoms with E-state index in [0.29, 0.717) is 0 Å². The quantitative estimate of drug-likeness (QED) is 0.690. The minimum atomic E-state index is -3.54. The largest absolute Gasteiger partial charge is 0.466 e. The number of ether oxygens (including phenoxy) is 1. The fourth-order valence-electron chi connectivity index (χ4n) is 0.558. The molecule has 2 N–H and O–H groups in total. The molecule has 1 rings (SSSR count). The summed E-state index contributed by atoms with van der Waals surface area (Å²) in [5.41, 5.74) is 0. The van der Waals surface area contributed by atoms with Gasteiger partial charge in [-0.05, 0) is 0 Å². The van der Waals surface area contributed by atoms with Crippen molar-refractivity contribution in [2.75, 3.05) is 17.0 Å². The van der Waals surface area contributed by atoms with Crippen molar-refractivity contribution in [3.05, 3.63) is 0 Å². The van der Waals surface area contributed by atoms with Crippen LogP contribution in [0.3, 0.4) is 0 Å². The highest BCUT2D eigenvalue weighted by atomic mass is 35.5. The molecule has 0 bridgehead atoms. The average Bonchev–Trinajstić information content (AvgIpc) is 2.52. The van der Waals surface area contributed by atoms with Gasteiger partial charge in [-0.3, -0.25) is 4.72 Å². The molecule has 0 aliphatic carbocycles. The molecule has 0 amide bonds. The zero-order valence-corrected chi connectivity index (χ0v) is 8.18. The molecule has 13 heavy (non-hydrogen) atoms. The number of methoxy groups -OCH3 is 1. The van der Waals surface area contributed by atoms with E-state index in [2.05, 4.69) is 24.6 Å². The van der Waals surface area contributed by atoms with E-state index in [4.69, 9.17) is 11.6 Å². The summed E-state index contributed by atoms with van der Waals surface area (Å²) in [5, 5.41) is 5.29. The number of rotatable bonds is 4. The van der Waals surface area contributed by atoms with Crippen molar-refractivity contribution in [2.45, 2.75) is 0 Å². The number of hydrogen-bond acceptors (Lipinski definition) is 5. The lowest BCUT2D eigenvalue weighted by molar-refractivity contribution is 0.382. The number of H-pyrrole nitrogens is 1. The van der Waals surface area contributed by atoms with Crippen LogP contribution in [0.4, 0.5) is 5.95 Å². The number of nitrogens with one attached hydrogen (secondary N) is 2. The van der Waals surface area contributed by atoms with Crippen LogP contribution in [0.25, 0.3) is 0 Å². The smallest absolute Gasteiger partial charge is 0.336 e. The molecule has 0 aliphatic heterocycles. The maximum absolute atomic E-state index is 10.9. The van der Waals surface area contributed by atoms with E-state index in [1.54, 1.807) is 0 Å². The zero-order valence-electron chi connectivity index (χ0n) is 6.61. The van der Waals surface area contributed by atoms with E-state index < -0.39 is 15.2 Å². The van der Waals surface area contributed by atoms with E-state index in [1.165, 1.54) is 7.11 Å². The summed E-state index contributed by atoms with van der Waals surface area (Å²) in [6.45, 7) is 0. The lowest BCUT2D eigenvalue weighted by Crippen LogP contribution is -2.14. The van der Waals surface area contributed by atoms with Crippen molar-refractivity contribution in [1.29, 1.82) is 0 Å². The van der Waals surface area contributed by atoms with Gasteiger partial charge in [0.2, 0.25) is 16.0 Å². The van der Waals surface area contributed by atoms with Crippen molar-refractivity contribution < 1.29 is 13.2 Å². The Hall–Kier alpha value is -1.02. The fraction of sp³-hybridized carbons (Fsp3) is 0.500. The molecule has 0 spiro atoms. The fourth-order valence-corrected chi connectivity index (χ4v) is 1.16. The molecule has 0 aliphatic rings. The van der Waals surface area contributed by atoms with E-state index in [9.17, 15) is 8.42 Å². The predicted octanol–water partition coefficient (Wildman–Crippen LogP) is -0.249. The Morgan fingerprint density at radius 3 is 2.85 bits per heavy atom. The van der Waals surface area contributed by atoms with Gasteiger partial charge in [0.25, 0.3) is 0 Å². The molecule has 1 aromatic heterocycles. The third-order valence-electron chi connectivity index (χ3n) is 1.04. The summed E-state index contributed by atoms with van der Waals surface area (Å²) in [5.74, 6) is -0.0301. The number of aromatic nitrogens is 3. The third-order valence-corrected chi connectivity index (χ3v) is 2.70. The SMILES string of the molecule is COc1n[nH]c(NS(=O)(=O)CCl)n1. The first-order chi connectivity index (χ1) is 6.07. The minimum absolute atomic E-state index is 0.0301. The molecular formula is C4H7ClN4O3S. The Bertz CT molecular complexity index is 374. The van der Waals surface area contributed by atoms with Crippen LogP contribution in [0.15, 0.2) is 0 Å². The molecular weight excluding hydrogens is 220 g/mol. The minimum Gasteiger partial charge on any atom is -0.466 e. The molecule has 9 heteroatoms. The van der Waals surface area contributed by atoms with Crippen molar-refractivity contribution >= 4 is 27.6 Å². The van der Waals surface area contributed by atoms with E-state index in [1.807, 2.05) is 0 Å². The average molecular weight is 227 g/mol. The number of halogens is 1. The number of anilines is 1. The topological polar surface area (TPSA) is 97.0 Å². The molecule has 1 aromatic rings. The molecule has 7 nitrogen and oxygen atoms in total. The van der Waals surface area contributed by atoms with Crippen molar-refractivity contribution in [3.8, 4) is 6.01 Å². The molecule has 0 atom stereocenters. The van der Waals surface area contributed by atoms with Gasteiger partial charge in [0.1, 0.15) is 5.21 Å². The monoisotopic (exact) mass is 226 g/mol. The van der Waals surface area contributed by atoms with Gasteiger partial charge in [-0.2, -0.15) is 4.98 Å². The Morgan fingerprint density at radius 2 is 2.38 bits per heavy atom. The number of nitrogens with zero attached hydrogens (tertiary/aromatic N) is 2. The second-order valence-electron chi connectivity index (χ2n) is 2.00. The molecule has 74 valence electrons. The third kappa shape index (κ3) is 2.74. The van der Waals surface area contributed by atoms with Crippen molar-refractivity contribution in [2.24, 2.45) is 0 Å². The summed E-state index contributed by atoms with van der Waals surface area (Å²) in [6.07, 6.45) is 0. The van der Waals surface area contributed by atoms with Crippen LogP contribution >= 0.6 is 11.6 Å². The van der Waals surface area contributed by atoms with E-state index in [0.717, 1.165) is 0 Å². The van der Waals surface area contributed by atoms with Crippen LogP contribution in [0.5, 0.6) is 6.01 Å². The Balaban J connectivity index is 2.75. The standard InChI is InChI=1S/C4H7ClN4O3S/c1-12-4-6-3(7-8-4)9-13(10,11)2-5/h2H2,1H3,(H2,6,7,8,9). The second-order valence-corrected chi connectivity index (χ2v) is 4.30. The highest BCUT2D eigenvalue weighted by Gasteiger charge is 2.11. The predicted molar refractivity (Wildman–Crippen MR) is 46.2 cm³/mol. The van der Waals surface area contributed by atoms with Gasteiger partial charge in [0.15, 0.2) is 0 Å². The first-order valence-corrected chi connectivity index (χ1v) is 5.29. The van der Waals surface area contributed by atoms with Crippen LogP contribution in [-0.4, -0.2) is 35.9 Å². The van der Waals surface area contributed by atoms with Gasteiger partial charge in [-0.1, -0.05) is 0 Å². The maximum Gasteiger partial charge on any atom is 0.336 e. The summed E-state index contributed by atoms with van der Waals surface area (Å²) in [6, 6.07) is 0.0484. The lowest BCUT2D eigenvalue weighted by atomic mass is 11.1. The zero-order chi connectivity index (χ0) is 9.90. The second kappa shape index (κ2) is 3.79. The van der Waals surface area contributed by atoms with Gasteiger partial charge in [-0.15, -0.1) is 16.7 Å². The van der Waals surface area contributed by atoms with Crippen molar-refractivity contribution in [3.63, 3.8) is 0 Å². The van der Waals surface area contributed by atoms with Crippen LogP contribution in [0.1, 0.15) is 0 Å². The van der Waals surface area contributed by atoms with Crippen LogP contribution in [-0.2, 0) is 10.0 Å². The highest BCUT2D eigenvalue weighted by molar-refractivity contribution is 7.93. The number of sulfonamides is 1. The molecule has 0 radical (unpaired) electrons. The Morgan fingerprint density at radius 1 is 1.69 bits per heavy atom. The van der Waals surface area contributed by atoms with Crippen LogP contribution in [0, 0.1) is 0 Å². The summed E-state index contributed by atoms with van der Waals surface area (Å²) < 4.78 is 28.5.